The number of aryl methyl sites for hydroxylation is 1. The summed E-state index contributed by atoms with van der Waals surface area (Å²) in [7, 11) is 0. The van der Waals surface area contributed by atoms with Crippen LogP contribution < -0.4 is 10.6 Å². The molecule has 4 aromatic rings. The smallest absolute Gasteiger partial charge is 0.275 e. The fraction of sp³-hybridized carbons (Fsp3) is 0.0476. The van der Waals surface area contributed by atoms with Crippen molar-refractivity contribution in [1.82, 2.24) is 15.0 Å². The molecule has 0 bridgehead atoms. The average molecular weight is 355 g/mol. The molecule has 2 aromatic heterocycles. The number of carbonyl (C=O) groups excluding carboxylic acids is 1. The molecule has 1 amide bonds. The Hall–Kier alpha value is -3.80. The van der Waals surface area contributed by atoms with E-state index in [2.05, 4.69) is 25.6 Å². The Kier molecular flexibility index (Phi) is 4.45. The van der Waals surface area contributed by atoms with E-state index in [4.69, 9.17) is 0 Å². The zero-order valence-corrected chi connectivity index (χ0v) is 14.7. The molecular formula is C21H17N5O. The summed E-state index contributed by atoms with van der Waals surface area (Å²) in [4.78, 5) is 25.3. The Balaban J connectivity index is 1.52. The van der Waals surface area contributed by atoms with Crippen molar-refractivity contribution < 1.29 is 4.79 Å². The summed E-state index contributed by atoms with van der Waals surface area (Å²) in [6.45, 7) is 1.94. The molecule has 0 saturated heterocycles. The highest BCUT2D eigenvalue weighted by Crippen LogP contribution is 2.23. The monoisotopic (exact) mass is 355 g/mol. The van der Waals surface area contributed by atoms with Crippen molar-refractivity contribution in [2.45, 2.75) is 6.92 Å². The molecule has 0 atom stereocenters. The highest BCUT2D eigenvalue weighted by atomic mass is 16.1. The fourth-order valence-corrected chi connectivity index (χ4v) is 2.75. The summed E-state index contributed by atoms with van der Waals surface area (Å²) in [5.74, 6) is 0.246. The number of hydrogen-bond donors (Lipinski definition) is 2. The molecule has 27 heavy (non-hydrogen) atoms. The van der Waals surface area contributed by atoms with Crippen molar-refractivity contribution in [3.63, 3.8) is 0 Å². The van der Waals surface area contributed by atoms with Gasteiger partial charge in [0, 0.05) is 17.3 Å². The van der Waals surface area contributed by atoms with Crippen LogP contribution in [0.2, 0.25) is 0 Å². The molecule has 0 radical (unpaired) electrons. The third-order valence-electron chi connectivity index (χ3n) is 4.17. The normalized spacial score (nSPS) is 10.6. The van der Waals surface area contributed by atoms with Crippen LogP contribution in [0, 0.1) is 6.92 Å². The number of carbonyl (C=O) groups is 1. The van der Waals surface area contributed by atoms with Crippen LogP contribution in [0.3, 0.4) is 0 Å². The second-order valence-electron chi connectivity index (χ2n) is 6.06. The number of rotatable bonds is 4. The zero-order valence-electron chi connectivity index (χ0n) is 14.7. The number of benzene rings is 2. The minimum atomic E-state index is -0.296. The molecule has 0 aliphatic carbocycles. The van der Waals surface area contributed by atoms with Crippen molar-refractivity contribution in [3.8, 4) is 0 Å². The number of hydrogen-bond acceptors (Lipinski definition) is 5. The lowest BCUT2D eigenvalue weighted by molar-refractivity contribution is 0.102. The molecule has 0 aliphatic rings. The molecule has 6 heteroatoms. The van der Waals surface area contributed by atoms with E-state index in [0.29, 0.717) is 5.82 Å². The van der Waals surface area contributed by atoms with Gasteiger partial charge < -0.3 is 10.6 Å². The summed E-state index contributed by atoms with van der Waals surface area (Å²) >= 11 is 0. The Morgan fingerprint density at radius 2 is 1.67 bits per heavy atom. The van der Waals surface area contributed by atoms with E-state index in [-0.39, 0.29) is 11.6 Å². The summed E-state index contributed by atoms with van der Waals surface area (Å²) in [5.41, 5.74) is 3.68. The van der Waals surface area contributed by atoms with Crippen molar-refractivity contribution in [1.29, 1.82) is 0 Å². The van der Waals surface area contributed by atoms with Crippen LogP contribution in [0.5, 0.6) is 0 Å². The highest BCUT2D eigenvalue weighted by Gasteiger charge is 2.10. The predicted octanol–water partition coefficient (Wildman–Crippen LogP) is 4.33. The molecule has 4 rings (SSSR count). The van der Waals surface area contributed by atoms with Crippen LogP contribution >= 0.6 is 0 Å². The molecule has 2 heterocycles. The van der Waals surface area contributed by atoms with Gasteiger partial charge in [0.05, 0.1) is 23.6 Å². The molecule has 0 spiro atoms. The largest absolute Gasteiger partial charge is 0.337 e. The lowest BCUT2D eigenvalue weighted by Crippen LogP contribution is -2.15. The maximum atomic E-state index is 12.4. The van der Waals surface area contributed by atoms with Gasteiger partial charge in [-0.15, -0.1) is 0 Å². The van der Waals surface area contributed by atoms with Crippen LogP contribution in [0.1, 0.15) is 16.1 Å². The van der Waals surface area contributed by atoms with Gasteiger partial charge in [0.2, 0.25) is 0 Å². The molecule has 2 N–H and O–H groups in total. The summed E-state index contributed by atoms with van der Waals surface area (Å²) in [5, 5.41) is 7.08. The quantitative estimate of drug-likeness (QED) is 0.569. The van der Waals surface area contributed by atoms with E-state index in [1.807, 2.05) is 61.5 Å². The number of anilines is 3. The number of nitrogens with zero attached hydrogens (tertiary/aromatic N) is 3. The van der Waals surface area contributed by atoms with E-state index in [0.717, 1.165) is 27.8 Å². The molecule has 0 aliphatic heterocycles. The lowest BCUT2D eigenvalue weighted by Gasteiger charge is -2.09. The third-order valence-corrected chi connectivity index (χ3v) is 4.17. The van der Waals surface area contributed by atoms with Crippen LogP contribution in [0.4, 0.5) is 17.2 Å². The van der Waals surface area contributed by atoms with Crippen molar-refractivity contribution in [2.75, 3.05) is 10.6 Å². The van der Waals surface area contributed by atoms with Gasteiger partial charge in [-0.25, -0.2) is 9.97 Å². The minimum Gasteiger partial charge on any atom is -0.337 e. The van der Waals surface area contributed by atoms with Gasteiger partial charge in [-0.1, -0.05) is 36.4 Å². The topological polar surface area (TPSA) is 79.8 Å². The maximum Gasteiger partial charge on any atom is 0.275 e. The first-order chi connectivity index (χ1) is 13.2. The molecule has 6 nitrogen and oxygen atoms in total. The average Bonchev–Trinajstić information content (AvgIpc) is 2.70. The summed E-state index contributed by atoms with van der Waals surface area (Å²) in [6, 6.07) is 17.4. The van der Waals surface area contributed by atoms with Crippen molar-refractivity contribution >= 4 is 34.0 Å². The number of aromatic nitrogens is 3. The Labute approximate surface area is 156 Å². The summed E-state index contributed by atoms with van der Waals surface area (Å²) in [6.07, 6.45) is 4.74. The SMILES string of the molecule is Cc1ccccc1NC(=O)c1cnc(Nc2cccc3cccnc23)cn1. The molecule has 0 saturated carbocycles. The van der Waals surface area contributed by atoms with E-state index >= 15 is 0 Å². The third kappa shape index (κ3) is 3.59. The van der Waals surface area contributed by atoms with Crippen LogP contribution in [0.25, 0.3) is 10.9 Å². The first kappa shape index (κ1) is 16.7. The van der Waals surface area contributed by atoms with E-state index in [9.17, 15) is 4.79 Å². The van der Waals surface area contributed by atoms with E-state index in [1.54, 1.807) is 6.20 Å². The second-order valence-corrected chi connectivity index (χ2v) is 6.06. The van der Waals surface area contributed by atoms with Gasteiger partial charge in [0.1, 0.15) is 11.5 Å². The van der Waals surface area contributed by atoms with Gasteiger partial charge in [-0.05, 0) is 30.7 Å². The Morgan fingerprint density at radius 3 is 2.48 bits per heavy atom. The summed E-state index contributed by atoms with van der Waals surface area (Å²) < 4.78 is 0. The first-order valence-electron chi connectivity index (χ1n) is 8.50. The molecule has 132 valence electrons. The first-order valence-corrected chi connectivity index (χ1v) is 8.50. The Morgan fingerprint density at radius 1 is 0.852 bits per heavy atom. The van der Waals surface area contributed by atoms with Gasteiger partial charge in [-0.2, -0.15) is 0 Å². The predicted molar refractivity (Wildman–Crippen MR) is 106 cm³/mol. The lowest BCUT2D eigenvalue weighted by atomic mass is 10.2. The standard InChI is InChI=1S/C21H17N5O/c1-14-6-2-3-9-16(14)26-21(27)18-12-24-19(13-23-18)25-17-10-4-7-15-8-5-11-22-20(15)17/h2-13H,1H3,(H,24,25)(H,26,27). The van der Waals surface area contributed by atoms with E-state index < -0.39 is 0 Å². The molecule has 0 unspecified atom stereocenters. The van der Waals surface area contributed by atoms with Gasteiger partial charge in [0.25, 0.3) is 5.91 Å². The molecule has 2 aromatic carbocycles. The van der Waals surface area contributed by atoms with Crippen LogP contribution in [0.15, 0.2) is 73.2 Å². The van der Waals surface area contributed by atoms with Crippen LogP contribution in [-0.2, 0) is 0 Å². The number of nitrogens with one attached hydrogen (secondary N) is 2. The molecular weight excluding hydrogens is 338 g/mol. The van der Waals surface area contributed by atoms with Gasteiger partial charge >= 0.3 is 0 Å². The fourth-order valence-electron chi connectivity index (χ4n) is 2.75. The number of para-hydroxylation sites is 2. The van der Waals surface area contributed by atoms with Gasteiger partial charge in [0.15, 0.2) is 0 Å². The highest BCUT2D eigenvalue weighted by molar-refractivity contribution is 6.03. The molecule has 0 fully saturated rings. The minimum absolute atomic E-state index is 0.250. The second kappa shape index (κ2) is 7.21. The maximum absolute atomic E-state index is 12.4. The Bertz CT molecular complexity index is 1100. The van der Waals surface area contributed by atoms with E-state index in [1.165, 1.54) is 12.4 Å². The number of amides is 1. The number of pyridine rings is 1. The zero-order chi connectivity index (χ0) is 18.6. The number of fused-ring (bicyclic) bond motifs is 1. The van der Waals surface area contributed by atoms with Crippen LogP contribution in [-0.4, -0.2) is 20.9 Å². The van der Waals surface area contributed by atoms with Crippen molar-refractivity contribution in [2.24, 2.45) is 0 Å². The van der Waals surface area contributed by atoms with Gasteiger partial charge in [-0.3, -0.25) is 9.78 Å². The van der Waals surface area contributed by atoms with Crippen molar-refractivity contribution in [3.05, 3.63) is 84.4 Å².